The maximum Gasteiger partial charge on any atom is 0.143 e. The summed E-state index contributed by atoms with van der Waals surface area (Å²) in [5.74, 6) is 0.958. The molecule has 0 atom stereocenters. The zero-order chi connectivity index (χ0) is 9.54. The Morgan fingerprint density at radius 3 is 3.21 bits per heavy atom. The Labute approximate surface area is 87.7 Å². The molecule has 72 valence electrons. The molecule has 14 heavy (non-hydrogen) atoms. The number of hydrogen-bond donors (Lipinski definition) is 0. The van der Waals surface area contributed by atoms with Gasteiger partial charge in [0.25, 0.3) is 0 Å². The van der Waals surface area contributed by atoms with Crippen molar-refractivity contribution in [3.63, 3.8) is 0 Å². The van der Waals surface area contributed by atoms with E-state index in [4.69, 9.17) is 16.3 Å². The molecule has 2 nitrogen and oxygen atoms in total. The summed E-state index contributed by atoms with van der Waals surface area (Å²) in [6.07, 6.45) is 2.05. The van der Waals surface area contributed by atoms with Crippen molar-refractivity contribution in [2.75, 3.05) is 24.6 Å². The minimum atomic E-state index is 0.766. The Balaban J connectivity index is 2.25. The van der Waals surface area contributed by atoms with Crippen molar-refractivity contribution in [3.8, 4) is 5.75 Å². The molecule has 0 unspecified atom stereocenters. The first-order valence-electron chi connectivity index (χ1n) is 4.73. The van der Waals surface area contributed by atoms with Gasteiger partial charge in [0.05, 0.1) is 12.2 Å². The Hall–Kier alpha value is -1.15. The van der Waals surface area contributed by atoms with Crippen LogP contribution in [0.25, 0.3) is 5.03 Å². The highest BCUT2D eigenvalue weighted by molar-refractivity contribution is 6.49. The minimum absolute atomic E-state index is 0.766. The summed E-state index contributed by atoms with van der Waals surface area (Å²) in [4.78, 5) is 2.31. The molecule has 0 fully saturated rings. The topological polar surface area (TPSA) is 12.5 Å². The van der Waals surface area contributed by atoms with Gasteiger partial charge in [-0.2, -0.15) is 0 Å². The van der Waals surface area contributed by atoms with E-state index < -0.39 is 0 Å². The molecule has 2 aliphatic heterocycles. The highest BCUT2D eigenvalue weighted by atomic mass is 35.5. The maximum atomic E-state index is 6.14. The lowest BCUT2D eigenvalue weighted by Crippen LogP contribution is -2.35. The van der Waals surface area contributed by atoms with Crippen molar-refractivity contribution >= 4 is 22.3 Å². The third kappa shape index (κ3) is 1.04. The molecule has 2 aliphatic rings. The quantitative estimate of drug-likeness (QED) is 0.648. The second-order valence-electron chi connectivity index (χ2n) is 3.50. The third-order valence-electron chi connectivity index (χ3n) is 2.68. The summed E-state index contributed by atoms with van der Waals surface area (Å²) in [6, 6.07) is 6.03. The van der Waals surface area contributed by atoms with Gasteiger partial charge in [-0.3, -0.25) is 0 Å². The van der Waals surface area contributed by atoms with Crippen molar-refractivity contribution in [2.24, 2.45) is 0 Å². The Kier molecular flexibility index (Phi) is 1.71. The van der Waals surface area contributed by atoms with E-state index in [1.165, 1.54) is 0 Å². The fraction of sp³-hybridized carbons (Fsp3) is 0.273. The van der Waals surface area contributed by atoms with Gasteiger partial charge in [-0.25, -0.2) is 0 Å². The number of para-hydroxylation sites is 1. The lowest BCUT2D eigenvalue weighted by Gasteiger charge is -2.34. The molecule has 1 aromatic rings. The predicted molar refractivity (Wildman–Crippen MR) is 58.0 cm³/mol. The van der Waals surface area contributed by atoms with Crippen molar-refractivity contribution < 1.29 is 4.74 Å². The molecule has 3 rings (SSSR count). The second-order valence-corrected chi connectivity index (χ2v) is 3.91. The van der Waals surface area contributed by atoms with E-state index in [1.807, 2.05) is 18.2 Å². The van der Waals surface area contributed by atoms with Gasteiger partial charge < -0.3 is 9.64 Å². The van der Waals surface area contributed by atoms with Crippen molar-refractivity contribution in [1.29, 1.82) is 0 Å². The number of rotatable bonds is 0. The van der Waals surface area contributed by atoms with Gasteiger partial charge in [0.1, 0.15) is 12.4 Å². The third-order valence-corrected chi connectivity index (χ3v) is 3.04. The largest absolute Gasteiger partial charge is 0.490 e. The first-order chi connectivity index (χ1) is 6.86. The molecule has 0 saturated heterocycles. The Bertz CT molecular complexity index is 414. The minimum Gasteiger partial charge on any atom is -0.490 e. The van der Waals surface area contributed by atoms with Crippen LogP contribution in [0.15, 0.2) is 24.3 Å². The van der Waals surface area contributed by atoms with E-state index >= 15 is 0 Å². The number of ether oxygens (including phenoxy) is 1. The Morgan fingerprint density at radius 2 is 2.29 bits per heavy atom. The summed E-state index contributed by atoms with van der Waals surface area (Å²) in [5, 5.41) is 0.837. The van der Waals surface area contributed by atoms with Gasteiger partial charge in [0.15, 0.2) is 0 Å². The van der Waals surface area contributed by atoms with Crippen molar-refractivity contribution in [2.45, 2.75) is 0 Å². The van der Waals surface area contributed by atoms with Crippen molar-refractivity contribution in [3.05, 3.63) is 29.8 Å². The smallest absolute Gasteiger partial charge is 0.143 e. The summed E-state index contributed by atoms with van der Waals surface area (Å²) in [6.45, 7) is 2.61. The zero-order valence-electron chi connectivity index (χ0n) is 7.66. The second kappa shape index (κ2) is 2.92. The lowest BCUT2D eigenvalue weighted by molar-refractivity contribution is 0.309. The van der Waals surface area contributed by atoms with E-state index in [9.17, 15) is 0 Å². The summed E-state index contributed by atoms with van der Waals surface area (Å²) in [7, 11) is 0. The molecule has 3 heteroatoms. The van der Waals surface area contributed by atoms with Crippen LogP contribution >= 0.6 is 11.6 Å². The van der Waals surface area contributed by atoms with Crippen LogP contribution in [0.3, 0.4) is 0 Å². The standard InChI is InChI=1S/C11H10ClNO/c12-9-4-5-13-6-7-14-10-3-1-2-8(9)11(10)13/h1-4H,5-7H2. The number of anilines is 1. The van der Waals surface area contributed by atoms with Crippen LogP contribution in [0.1, 0.15) is 5.56 Å². The van der Waals surface area contributed by atoms with Crippen LogP contribution in [0, 0.1) is 0 Å². The summed E-state index contributed by atoms with van der Waals surface area (Å²) in [5.41, 5.74) is 2.25. The van der Waals surface area contributed by atoms with Crippen LogP contribution in [0.4, 0.5) is 5.69 Å². The molecule has 0 bridgehead atoms. The summed E-state index contributed by atoms with van der Waals surface area (Å²) >= 11 is 6.14. The molecule has 0 N–H and O–H groups in total. The predicted octanol–water partition coefficient (Wildman–Crippen LogP) is 2.48. The van der Waals surface area contributed by atoms with E-state index in [0.717, 1.165) is 41.7 Å². The highest BCUT2D eigenvalue weighted by Crippen LogP contribution is 2.41. The number of benzene rings is 1. The first-order valence-corrected chi connectivity index (χ1v) is 5.11. The van der Waals surface area contributed by atoms with Crippen LogP contribution < -0.4 is 9.64 Å². The molecule has 0 amide bonds. The van der Waals surface area contributed by atoms with Crippen LogP contribution in [0.2, 0.25) is 0 Å². The molecule has 1 aromatic carbocycles. The molecular weight excluding hydrogens is 198 g/mol. The van der Waals surface area contributed by atoms with Gasteiger partial charge in [-0.05, 0) is 12.1 Å². The maximum absolute atomic E-state index is 6.14. The van der Waals surface area contributed by atoms with Gasteiger partial charge in [-0.15, -0.1) is 0 Å². The van der Waals surface area contributed by atoms with E-state index in [0.29, 0.717) is 0 Å². The van der Waals surface area contributed by atoms with E-state index in [1.54, 1.807) is 0 Å². The Morgan fingerprint density at radius 1 is 1.36 bits per heavy atom. The van der Waals surface area contributed by atoms with Gasteiger partial charge >= 0.3 is 0 Å². The molecule has 0 spiro atoms. The van der Waals surface area contributed by atoms with Gasteiger partial charge in [0.2, 0.25) is 0 Å². The van der Waals surface area contributed by atoms with Gasteiger partial charge in [0, 0.05) is 17.1 Å². The molecule has 0 saturated carbocycles. The molecule has 0 radical (unpaired) electrons. The van der Waals surface area contributed by atoms with E-state index in [2.05, 4.69) is 11.0 Å². The number of halogens is 1. The van der Waals surface area contributed by atoms with E-state index in [-0.39, 0.29) is 0 Å². The summed E-state index contributed by atoms with van der Waals surface area (Å²) < 4.78 is 5.59. The van der Waals surface area contributed by atoms with Crippen LogP contribution in [0.5, 0.6) is 5.75 Å². The van der Waals surface area contributed by atoms with Crippen LogP contribution in [-0.4, -0.2) is 19.7 Å². The molecule has 0 aliphatic carbocycles. The highest BCUT2D eigenvalue weighted by Gasteiger charge is 2.24. The lowest BCUT2D eigenvalue weighted by atomic mass is 10.1. The average Bonchev–Trinajstić information content (AvgIpc) is 2.24. The first kappa shape index (κ1) is 8.18. The SMILES string of the molecule is ClC1=CCN2CCOc3cccc1c32. The molecule has 2 heterocycles. The number of hydrogen-bond acceptors (Lipinski definition) is 2. The average molecular weight is 208 g/mol. The fourth-order valence-electron chi connectivity index (χ4n) is 2.02. The van der Waals surface area contributed by atoms with Crippen LogP contribution in [-0.2, 0) is 0 Å². The molecular formula is C11H10ClNO. The van der Waals surface area contributed by atoms with Crippen molar-refractivity contribution in [1.82, 2.24) is 0 Å². The molecule has 0 aromatic heterocycles. The normalized spacial score (nSPS) is 18.4. The van der Waals surface area contributed by atoms with Gasteiger partial charge in [-0.1, -0.05) is 23.7 Å². The zero-order valence-corrected chi connectivity index (χ0v) is 8.42. The number of nitrogens with zero attached hydrogens (tertiary/aromatic N) is 1. The fourth-order valence-corrected chi connectivity index (χ4v) is 2.24. The monoisotopic (exact) mass is 207 g/mol.